The van der Waals surface area contributed by atoms with Gasteiger partial charge in [0.1, 0.15) is 4.88 Å². The fraction of sp³-hybridized carbons (Fsp3) is 0.333. The number of esters is 1. The van der Waals surface area contributed by atoms with E-state index >= 15 is 0 Å². The Morgan fingerprint density at radius 3 is 2.79 bits per heavy atom. The van der Waals surface area contributed by atoms with Crippen molar-refractivity contribution in [2.45, 2.75) is 39.0 Å². The number of fused-ring (bicyclic) bond motifs is 1. The number of ketones is 1. The molecule has 0 amide bonds. The third-order valence-electron chi connectivity index (χ3n) is 5.23. The number of Topliss-reactive ketones (excluding diaryl/α,β-unsaturated/α-hetero) is 1. The number of anilines is 1. The van der Waals surface area contributed by atoms with Gasteiger partial charge in [0, 0.05) is 29.2 Å². The number of carbonyl (C=O) groups excluding carboxylic acids is 2. The molecule has 7 heteroatoms. The molecule has 0 unspecified atom stereocenters. The summed E-state index contributed by atoms with van der Waals surface area (Å²) in [4.78, 5) is 25.6. The molecule has 1 aliphatic carbocycles. The number of hydrogen-bond donors (Lipinski definition) is 1. The summed E-state index contributed by atoms with van der Waals surface area (Å²) in [5.74, 6) is -2.85. The number of allylic oxidation sites excluding steroid dienone is 2. The molecule has 4 rings (SSSR count). The quantitative estimate of drug-likeness (QED) is 0.727. The molecule has 1 aromatic heterocycles. The molecule has 2 aliphatic rings. The molecule has 28 heavy (non-hydrogen) atoms. The van der Waals surface area contributed by atoms with E-state index in [0.29, 0.717) is 34.4 Å². The second-order valence-electron chi connectivity index (χ2n) is 6.92. The molecule has 1 atom stereocenters. The van der Waals surface area contributed by atoms with Crippen molar-refractivity contribution in [1.82, 2.24) is 0 Å². The summed E-state index contributed by atoms with van der Waals surface area (Å²) in [5.41, 5.74) is 3.34. The molecule has 0 radical (unpaired) electrons. The average Bonchev–Trinajstić information content (AvgIpc) is 2.99. The Kier molecular flexibility index (Phi) is 4.79. The zero-order valence-corrected chi connectivity index (χ0v) is 16.3. The van der Waals surface area contributed by atoms with Crippen molar-refractivity contribution in [2.24, 2.45) is 0 Å². The normalized spacial score (nSPS) is 18.4. The number of thiophene rings is 1. The fourth-order valence-corrected chi connectivity index (χ4v) is 5.16. The van der Waals surface area contributed by atoms with Gasteiger partial charge in [0.05, 0.1) is 11.6 Å². The highest BCUT2D eigenvalue weighted by Gasteiger charge is 2.39. The average molecular weight is 403 g/mol. The summed E-state index contributed by atoms with van der Waals surface area (Å²) in [6.07, 6.45) is 1.86. The SMILES string of the molecule is CCOC(=O)c1sc2c(c1C)[C@@H](c1ccc(F)c(F)c1)C1=C(CCCC1=O)N2. The molecule has 1 aromatic carbocycles. The van der Waals surface area contributed by atoms with Crippen LogP contribution < -0.4 is 5.32 Å². The van der Waals surface area contributed by atoms with Crippen LogP contribution in [-0.2, 0) is 9.53 Å². The van der Waals surface area contributed by atoms with Gasteiger partial charge in [-0.2, -0.15) is 0 Å². The van der Waals surface area contributed by atoms with Gasteiger partial charge in [0.2, 0.25) is 0 Å². The molecule has 146 valence electrons. The summed E-state index contributed by atoms with van der Waals surface area (Å²) in [5, 5.41) is 4.07. The molecule has 0 saturated heterocycles. The second kappa shape index (κ2) is 7.13. The van der Waals surface area contributed by atoms with Crippen LogP contribution in [0.4, 0.5) is 13.8 Å². The number of carbonyl (C=O) groups is 2. The fourth-order valence-electron chi connectivity index (χ4n) is 3.99. The van der Waals surface area contributed by atoms with Crippen LogP contribution in [0.2, 0.25) is 0 Å². The van der Waals surface area contributed by atoms with Crippen LogP contribution >= 0.6 is 11.3 Å². The van der Waals surface area contributed by atoms with E-state index in [1.54, 1.807) is 13.8 Å². The van der Waals surface area contributed by atoms with E-state index in [2.05, 4.69) is 5.32 Å². The number of rotatable bonds is 3. The smallest absolute Gasteiger partial charge is 0.348 e. The molecule has 0 saturated carbocycles. The molecule has 0 spiro atoms. The Bertz CT molecular complexity index is 1020. The first kappa shape index (κ1) is 18.8. The van der Waals surface area contributed by atoms with Crippen LogP contribution in [0.1, 0.15) is 58.5 Å². The maximum absolute atomic E-state index is 14.0. The van der Waals surface area contributed by atoms with E-state index in [1.807, 2.05) is 0 Å². The standard InChI is InChI=1S/C21H19F2NO3S/c1-3-27-21(26)19-10(2)16-17(11-7-8-12(22)13(23)9-11)18-14(24-20(16)28-19)5-4-6-15(18)25/h7-9,17,24H,3-6H2,1-2H3/t17-/m1/s1. The van der Waals surface area contributed by atoms with Crippen LogP contribution in [-0.4, -0.2) is 18.4 Å². The van der Waals surface area contributed by atoms with E-state index < -0.39 is 23.5 Å². The minimum absolute atomic E-state index is 0.00239. The first-order valence-corrected chi connectivity index (χ1v) is 10.0. The van der Waals surface area contributed by atoms with E-state index in [4.69, 9.17) is 4.74 Å². The summed E-state index contributed by atoms with van der Waals surface area (Å²) < 4.78 is 32.7. The van der Waals surface area contributed by atoms with Gasteiger partial charge in [-0.1, -0.05) is 6.07 Å². The third-order valence-corrected chi connectivity index (χ3v) is 6.43. The minimum atomic E-state index is -0.957. The van der Waals surface area contributed by atoms with Gasteiger partial charge >= 0.3 is 5.97 Å². The van der Waals surface area contributed by atoms with Gasteiger partial charge in [-0.25, -0.2) is 13.6 Å². The molecule has 1 N–H and O–H groups in total. The van der Waals surface area contributed by atoms with Gasteiger partial charge in [0.15, 0.2) is 17.4 Å². The summed E-state index contributed by atoms with van der Waals surface area (Å²) >= 11 is 1.27. The van der Waals surface area contributed by atoms with Crippen LogP contribution in [0.3, 0.4) is 0 Å². The summed E-state index contributed by atoms with van der Waals surface area (Å²) in [6.45, 7) is 3.80. The van der Waals surface area contributed by atoms with Crippen LogP contribution in [0.15, 0.2) is 29.5 Å². The Balaban J connectivity index is 1.93. The molecular formula is C21H19F2NO3S. The largest absolute Gasteiger partial charge is 0.462 e. The zero-order chi connectivity index (χ0) is 20.0. The van der Waals surface area contributed by atoms with Gasteiger partial charge in [-0.05, 0) is 49.9 Å². The topological polar surface area (TPSA) is 55.4 Å². The van der Waals surface area contributed by atoms with Crippen molar-refractivity contribution in [3.63, 3.8) is 0 Å². The number of nitrogens with one attached hydrogen (secondary N) is 1. The number of halogens is 2. The lowest BCUT2D eigenvalue weighted by Gasteiger charge is -2.32. The van der Waals surface area contributed by atoms with Crippen LogP contribution in [0, 0.1) is 18.6 Å². The Morgan fingerprint density at radius 1 is 1.29 bits per heavy atom. The summed E-state index contributed by atoms with van der Waals surface area (Å²) in [6, 6.07) is 3.72. The Hall–Kier alpha value is -2.54. The minimum Gasteiger partial charge on any atom is -0.462 e. The van der Waals surface area contributed by atoms with Crippen LogP contribution in [0.5, 0.6) is 0 Å². The van der Waals surface area contributed by atoms with Crippen molar-refractivity contribution in [3.05, 3.63) is 62.7 Å². The van der Waals surface area contributed by atoms with Crippen molar-refractivity contribution in [1.29, 1.82) is 0 Å². The maximum Gasteiger partial charge on any atom is 0.348 e. The lowest BCUT2D eigenvalue weighted by atomic mass is 9.75. The Labute approximate surface area is 165 Å². The first-order chi connectivity index (χ1) is 13.4. The van der Waals surface area contributed by atoms with Gasteiger partial charge in [-0.15, -0.1) is 11.3 Å². The molecule has 0 fully saturated rings. The second-order valence-corrected chi connectivity index (χ2v) is 7.94. The highest BCUT2D eigenvalue weighted by atomic mass is 32.1. The lowest BCUT2D eigenvalue weighted by molar-refractivity contribution is -0.116. The van der Waals surface area contributed by atoms with Crippen molar-refractivity contribution in [3.8, 4) is 0 Å². The third kappa shape index (κ3) is 2.94. The van der Waals surface area contributed by atoms with E-state index in [9.17, 15) is 18.4 Å². The van der Waals surface area contributed by atoms with E-state index in [0.717, 1.165) is 34.8 Å². The molecule has 2 aromatic rings. The van der Waals surface area contributed by atoms with Gasteiger partial charge in [0.25, 0.3) is 0 Å². The summed E-state index contributed by atoms with van der Waals surface area (Å²) in [7, 11) is 0. The Morgan fingerprint density at radius 2 is 2.07 bits per heavy atom. The van der Waals surface area contributed by atoms with E-state index in [1.165, 1.54) is 17.4 Å². The monoisotopic (exact) mass is 403 g/mol. The molecule has 4 nitrogen and oxygen atoms in total. The van der Waals surface area contributed by atoms with Crippen molar-refractivity contribution >= 4 is 28.1 Å². The van der Waals surface area contributed by atoms with Crippen molar-refractivity contribution < 1.29 is 23.1 Å². The maximum atomic E-state index is 14.0. The van der Waals surface area contributed by atoms with Crippen LogP contribution in [0.25, 0.3) is 0 Å². The molecule has 0 bridgehead atoms. The predicted octanol–water partition coefficient (Wildman–Crippen LogP) is 5.08. The molecule has 2 heterocycles. The predicted molar refractivity (Wildman–Crippen MR) is 103 cm³/mol. The number of hydrogen-bond acceptors (Lipinski definition) is 5. The van der Waals surface area contributed by atoms with E-state index in [-0.39, 0.29) is 12.4 Å². The van der Waals surface area contributed by atoms with Crippen molar-refractivity contribution in [2.75, 3.05) is 11.9 Å². The highest BCUT2D eigenvalue weighted by molar-refractivity contribution is 7.18. The first-order valence-electron chi connectivity index (χ1n) is 9.21. The lowest BCUT2D eigenvalue weighted by Crippen LogP contribution is -2.26. The zero-order valence-electron chi connectivity index (χ0n) is 15.5. The number of benzene rings is 1. The van der Waals surface area contributed by atoms with Gasteiger partial charge < -0.3 is 10.1 Å². The number of ether oxygens (including phenoxy) is 1. The molecule has 1 aliphatic heterocycles. The molecular weight excluding hydrogens is 384 g/mol. The highest BCUT2D eigenvalue weighted by Crippen LogP contribution is 2.50. The van der Waals surface area contributed by atoms with Gasteiger partial charge in [-0.3, -0.25) is 4.79 Å².